The normalized spacial score (nSPS) is 11.8. The van der Waals surface area contributed by atoms with Gasteiger partial charge in [0.1, 0.15) is 15.0 Å². The van der Waals surface area contributed by atoms with E-state index in [0.29, 0.717) is 0 Å². The molecule has 29 aromatic rings. The van der Waals surface area contributed by atoms with Crippen LogP contribution in [0.4, 0.5) is 49.1 Å². The number of rotatable bonds is 17. The molecule has 0 radical (unpaired) electrons. The van der Waals surface area contributed by atoms with Crippen LogP contribution in [0.3, 0.4) is 0 Å². The quantitative estimate of drug-likeness (QED) is 0.0912. The van der Waals surface area contributed by atoms with Crippen molar-refractivity contribution < 1.29 is 0 Å². The molecule has 14 aromatic carbocycles. The number of nitrogens with zero attached hydrogens (tertiary/aromatic N) is 9. The van der Waals surface area contributed by atoms with Crippen LogP contribution in [-0.4, -0.2) is 27.4 Å². The second kappa shape index (κ2) is 34.4. The molecule has 18 heteroatoms. The molecule has 0 aliphatic heterocycles. The van der Waals surface area contributed by atoms with Crippen molar-refractivity contribution in [3.63, 3.8) is 0 Å². The molecule has 0 fully saturated rings. The number of hydrogen-bond acceptors (Lipinski definition) is 12. The van der Waals surface area contributed by atoms with Gasteiger partial charge in [-0.05, 0) is 220 Å². The Balaban J connectivity index is 0.000000105. The molecule has 656 valence electrons. The van der Waals surface area contributed by atoms with Crippen molar-refractivity contribution >= 4 is 274 Å². The molecule has 0 aliphatic carbocycles. The molecule has 15 heterocycles. The van der Waals surface area contributed by atoms with E-state index in [1.807, 2.05) is 102 Å². The van der Waals surface area contributed by atoms with Gasteiger partial charge in [-0.15, -0.1) is 102 Å². The van der Waals surface area contributed by atoms with Crippen LogP contribution < -0.4 is 14.7 Å². The second-order valence-corrected chi connectivity index (χ2v) is 42.8. The Morgan fingerprint density at radius 3 is 0.551 bits per heavy atom. The van der Waals surface area contributed by atoms with Gasteiger partial charge in [0.25, 0.3) is 0 Å². The van der Waals surface area contributed by atoms with Crippen LogP contribution in [0.25, 0.3) is 179 Å². The minimum absolute atomic E-state index is 1.15. The van der Waals surface area contributed by atoms with Crippen LogP contribution in [0.2, 0.25) is 0 Å². The average molecular weight is 1930 g/mol. The number of anilines is 9. The van der Waals surface area contributed by atoms with Crippen molar-refractivity contribution in [2.75, 3.05) is 14.7 Å². The lowest BCUT2D eigenvalue weighted by Crippen LogP contribution is -2.07. The molecule has 138 heavy (non-hydrogen) atoms. The molecule has 0 amide bonds. The number of hydrogen-bond donors (Lipinski definition) is 0. The minimum atomic E-state index is 1.15. The van der Waals surface area contributed by atoms with Gasteiger partial charge in [-0.1, -0.05) is 267 Å². The van der Waals surface area contributed by atoms with Gasteiger partial charge in [-0.3, -0.25) is 0 Å². The van der Waals surface area contributed by atoms with E-state index in [9.17, 15) is 0 Å². The van der Waals surface area contributed by atoms with E-state index in [-0.39, 0.29) is 0 Å². The predicted octanol–water partition coefficient (Wildman–Crippen LogP) is 37.9. The largest absolute Gasteiger partial charge is 0.306 e. The highest BCUT2D eigenvalue weighted by Gasteiger charge is 2.33. The van der Waals surface area contributed by atoms with E-state index < -0.39 is 0 Å². The maximum atomic E-state index is 2.51. The molecule has 0 N–H and O–H groups in total. The number of fused-ring (bicyclic) bond motifs is 21. The number of benzene rings is 14. The van der Waals surface area contributed by atoms with Crippen LogP contribution >= 0.6 is 102 Å². The van der Waals surface area contributed by atoms with Crippen LogP contribution in [-0.2, 0) is 0 Å². The Bertz CT molecular complexity index is 9360. The molecule has 0 saturated carbocycles. The molecule has 0 bridgehead atoms. The highest BCUT2D eigenvalue weighted by atomic mass is 32.1. The maximum Gasteiger partial charge on any atom is 0.103 e. The zero-order valence-electron chi connectivity index (χ0n) is 73.7. The van der Waals surface area contributed by atoms with Gasteiger partial charge in [0.05, 0.1) is 123 Å². The Labute approximate surface area is 829 Å². The summed E-state index contributed by atoms with van der Waals surface area (Å²) in [7, 11) is 0. The summed E-state index contributed by atoms with van der Waals surface area (Å²) in [6.45, 7) is 0. The van der Waals surface area contributed by atoms with Crippen molar-refractivity contribution in [1.82, 2.24) is 27.4 Å². The van der Waals surface area contributed by atoms with E-state index >= 15 is 0 Å². The summed E-state index contributed by atoms with van der Waals surface area (Å²) in [6, 6.07) is 161. The van der Waals surface area contributed by atoms with Crippen molar-refractivity contribution in [2.45, 2.75) is 0 Å². The minimum Gasteiger partial charge on any atom is -0.306 e. The van der Waals surface area contributed by atoms with Gasteiger partial charge in [-0.2, -0.15) is 0 Å². The molecule has 0 aliphatic rings. The first-order valence-electron chi connectivity index (χ1n) is 45.7. The maximum absolute atomic E-state index is 2.51. The van der Waals surface area contributed by atoms with E-state index in [1.54, 1.807) is 0 Å². The van der Waals surface area contributed by atoms with E-state index in [2.05, 4.69) is 507 Å². The Morgan fingerprint density at radius 2 is 0.326 bits per heavy atom. The molecule has 9 nitrogen and oxygen atoms in total. The van der Waals surface area contributed by atoms with Gasteiger partial charge in [0, 0.05) is 68.2 Å². The van der Waals surface area contributed by atoms with Crippen LogP contribution in [0.15, 0.2) is 465 Å². The van der Waals surface area contributed by atoms with Gasteiger partial charge >= 0.3 is 0 Å². The van der Waals surface area contributed by atoms with Crippen LogP contribution in [0.5, 0.6) is 0 Å². The van der Waals surface area contributed by atoms with Crippen molar-refractivity contribution in [1.29, 1.82) is 0 Å². The van der Waals surface area contributed by atoms with Gasteiger partial charge in [-0.25, -0.2) is 0 Å². The summed E-state index contributed by atoms with van der Waals surface area (Å²) < 4.78 is 31.0. The van der Waals surface area contributed by atoms with Crippen molar-refractivity contribution in [3.8, 4) is 56.4 Å². The lowest BCUT2D eigenvalue weighted by atomic mass is 10.1. The van der Waals surface area contributed by atoms with E-state index in [0.717, 1.165) is 39.8 Å². The SMILES string of the molecule is c1ccc(-c2ccc(-n3c4cc(N(c5ccccc5)c5ccccc5)sc4c4sc5c6sccc6n(-c6ccccc6)c5c43)cc2)cc1.c1ccc(-c2ccc(-n3c4ccsc4c4sc5c6sc(N(c7ccccc7)c7ccccc7)cc6n(-c6ccccc6)c5c43)cc2)cc1.c1ccc(N(c2ccccc2)c2cc3c(s2)c2sc4c5sccc5n(-c5ccccc5)c4c2n3-c2ccccc2)cc1. The Kier molecular flexibility index (Phi) is 20.5. The fourth-order valence-electron chi connectivity index (χ4n) is 20.0. The topological polar surface area (TPSA) is 39.3 Å². The second-order valence-electron chi connectivity index (χ2n) is 33.9. The summed E-state index contributed by atoms with van der Waals surface area (Å²) >= 11 is 16.9. The molecule has 0 atom stereocenters. The van der Waals surface area contributed by atoms with E-state index in [4.69, 9.17) is 0 Å². The molecule has 0 saturated heterocycles. The lowest BCUT2D eigenvalue weighted by Gasteiger charge is -2.23. The number of para-hydroxylation sites is 10. The first kappa shape index (κ1) is 82.1. The third kappa shape index (κ3) is 13.7. The highest BCUT2D eigenvalue weighted by molar-refractivity contribution is 7.37. The van der Waals surface area contributed by atoms with Crippen LogP contribution in [0, 0.1) is 0 Å². The highest BCUT2D eigenvalue weighted by Crippen LogP contribution is 2.58. The predicted molar refractivity (Wildman–Crippen MR) is 601 cm³/mol. The molecule has 0 unspecified atom stereocenters. The van der Waals surface area contributed by atoms with Gasteiger partial charge in [0.15, 0.2) is 0 Å². The molecule has 29 rings (SSSR count). The summed E-state index contributed by atoms with van der Waals surface area (Å²) in [5.41, 5.74) is 34.1. The van der Waals surface area contributed by atoms with E-state index in [1.165, 1.54) is 188 Å². The van der Waals surface area contributed by atoms with Crippen molar-refractivity contribution in [2.24, 2.45) is 0 Å². The number of thiophene rings is 9. The summed E-state index contributed by atoms with van der Waals surface area (Å²) in [6.07, 6.45) is 0. The molecule has 15 aromatic heterocycles. The van der Waals surface area contributed by atoms with Gasteiger partial charge < -0.3 is 42.1 Å². The molecule has 0 spiro atoms. The first-order chi connectivity index (χ1) is 68.5. The van der Waals surface area contributed by atoms with Crippen molar-refractivity contribution in [3.05, 3.63) is 465 Å². The molecular formula is C120H77N9S9. The third-order valence-corrected chi connectivity index (χ3v) is 36.4. The Hall–Kier alpha value is -15.4. The standard InChI is InChI=1S/2C42H27N3S3.C36H23N3S3/c1-5-13-28(14-6-1)29-21-23-33(24-22-29)44-34-25-26-46-39(34)41-37(44)38-42(48-41)40-35(45(38)32-19-11-4-12-20-32)27-36(47-40)43(30-15-7-2-8-16-30)31-17-9-3-10-18-31;1-5-13-28(14-6-1)29-21-23-33(24-22-29)45-35-27-36(43(30-15-7-2-8-16-30)31-17-9-3-10-18-31)47-40(35)42-38(45)37-41(48-42)39-34(25-26-46-39)44(37)32-19-11-4-12-20-32;1-5-13-24(14-6-1)37(25-15-7-2-8-16-25)30-23-29-34(41-30)36-32(39(29)27-19-11-4-12-20-27)31-35(42-36)33-28(21-22-40-33)38(31)26-17-9-3-10-18-26/h2*1-27H;1-23H. The zero-order chi connectivity index (χ0) is 90.8. The zero-order valence-corrected chi connectivity index (χ0v) is 81.0. The molecular weight excluding hydrogens is 1860 g/mol. The fourth-order valence-corrected chi connectivity index (χ4v) is 30.8. The fraction of sp³-hybridized carbons (Fsp3) is 0. The number of aromatic nitrogens is 6. The van der Waals surface area contributed by atoms with Gasteiger partial charge in [0.2, 0.25) is 0 Å². The smallest absolute Gasteiger partial charge is 0.103 e. The first-order valence-corrected chi connectivity index (χ1v) is 53.3. The third-order valence-electron chi connectivity index (χ3n) is 25.9. The lowest BCUT2D eigenvalue weighted by molar-refractivity contribution is 1.15. The summed E-state index contributed by atoms with van der Waals surface area (Å²) in [5, 5.41) is 10.3. The summed E-state index contributed by atoms with van der Waals surface area (Å²) in [4.78, 5) is 7.14. The average Bonchev–Trinajstić information content (AvgIpc) is 1.53. The monoisotopic (exact) mass is 1930 g/mol. The summed E-state index contributed by atoms with van der Waals surface area (Å²) in [5.74, 6) is 0. The Morgan fingerprint density at radius 1 is 0.145 bits per heavy atom. The van der Waals surface area contributed by atoms with Crippen LogP contribution in [0.1, 0.15) is 0 Å².